The lowest BCUT2D eigenvalue weighted by Crippen LogP contribution is -2.51. The highest BCUT2D eigenvalue weighted by Gasteiger charge is 2.31. The minimum Gasteiger partial charge on any atom is -0.329 e. The summed E-state index contributed by atoms with van der Waals surface area (Å²) >= 11 is 0. The van der Waals surface area contributed by atoms with Crippen LogP contribution >= 0.6 is 0 Å². The van der Waals surface area contributed by atoms with Crippen LogP contribution in [0, 0.1) is 0 Å². The Balaban J connectivity index is 1.74. The van der Waals surface area contributed by atoms with Gasteiger partial charge in [0.15, 0.2) is 0 Å². The molecule has 2 fully saturated rings. The molecule has 1 atom stereocenters. The molecular weight excluding hydrogens is 258 g/mol. The fourth-order valence-corrected chi connectivity index (χ4v) is 3.62. The monoisotopic (exact) mass is 287 g/mol. The lowest BCUT2D eigenvalue weighted by atomic mass is 9.95. The Kier molecular flexibility index (Phi) is 4.63. The van der Waals surface area contributed by atoms with Gasteiger partial charge in [0.1, 0.15) is 0 Å². The van der Waals surface area contributed by atoms with Crippen LogP contribution in [0.15, 0.2) is 24.3 Å². The molecule has 1 heterocycles. The number of nitrogens with zero attached hydrogens (tertiary/aromatic N) is 2. The molecule has 1 saturated carbocycles. The van der Waals surface area contributed by atoms with Crippen LogP contribution in [0.2, 0.25) is 0 Å². The molecule has 3 nitrogen and oxygen atoms in total. The smallest absolute Gasteiger partial charge is 0.0474 e. The van der Waals surface area contributed by atoms with Gasteiger partial charge < -0.3 is 5.73 Å². The first-order valence-electron chi connectivity index (χ1n) is 8.47. The van der Waals surface area contributed by atoms with Crippen LogP contribution in [-0.4, -0.2) is 48.6 Å². The summed E-state index contributed by atoms with van der Waals surface area (Å²) in [4.78, 5) is 5.16. The molecule has 1 aliphatic heterocycles. The average molecular weight is 287 g/mol. The van der Waals surface area contributed by atoms with E-state index < -0.39 is 0 Å². The Morgan fingerprint density at radius 1 is 1.05 bits per heavy atom. The highest BCUT2D eigenvalue weighted by atomic mass is 15.3. The predicted molar refractivity (Wildman–Crippen MR) is 88.5 cm³/mol. The summed E-state index contributed by atoms with van der Waals surface area (Å²) in [6, 6.07) is 10.0. The summed E-state index contributed by atoms with van der Waals surface area (Å²) in [6.45, 7) is 9.92. The van der Waals surface area contributed by atoms with Crippen molar-refractivity contribution in [3.05, 3.63) is 35.4 Å². The first kappa shape index (κ1) is 15.0. The molecule has 1 unspecified atom stereocenters. The molecule has 0 radical (unpaired) electrons. The minimum atomic E-state index is 0.399. The number of benzene rings is 1. The normalized spacial score (nSPS) is 22.7. The van der Waals surface area contributed by atoms with Gasteiger partial charge in [0.2, 0.25) is 0 Å². The molecule has 1 saturated heterocycles. The minimum absolute atomic E-state index is 0.399. The van der Waals surface area contributed by atoms with E-state index >= 15 is 0 Å². The van der Waals surface area contributed by atoms with Crippen molar-refractivity contribution < 1.29 is 0 Å². The highest BCUT2D eigenvalue weighted by Crippen LogP contribution is 2.43. The van der Waals surface area contributed by atoms with E-state index in [1.165, 1.54) is 31.5 Å². The lowest BCUT2D eigenvalue weighted by Gasteiger charge is -2.41. The summed E-state index contributed by atoms with van der Waals surface area (Å²) in [6.07, 6.45) is 2.71. The van der Waals surface area contributed by atoms with Gasteiger partial charge in [0.05, 0.1) is 0 Å². The van der Waals surface area contributed by atoms with E-state index in [9.17, 15) is 0 Å². The zero-order valence-electron chi connectivity index (χ0n) is 13.5. The summed E-state index contributed by atoms with van der Waals surface area (Å²) in [5.41, 5.74) is 9.21. The van der Waals surface area contributed by atoms with Crippen molar-refractivity contribution >= 4 is 0 Å². The third-order valence-corrected chi connectivity index (χ3v) is 5.12. The van der Waals surface area contributed by atoms with Gasteiger partial charge in [0.25, 0.3) is 0 Å². The van der Waals surface area contributed by atoms with E-state index in [2.05, 4.69) is 47.9 Å². The zero-order valence-corrected chi connectivity index (χ0v) is 13.5. The Morgan fingerprint density at radius 2 is 1.67 bits per heavy atom. The third kappa shape index (κ3) is 3.31. The molecule has 0 aromatic heterocycles. The van der Waals surface area contributed by atoms with Crippen molar-refractivity contribution in [1.29, 1.82) is 0 Å². The van der Waals surface area contributed by atoms with Crippen molar-refractivity contribution in [2.24, 2.45) is 5.73 Å². The molecule has 116 valence electrons. The Bertz CT molecular complexity index is 459. The van der Waals surface area contributed by atoms with Gasteiger partial charge in [0, 0.05) is 44.8 Å². The van der Waals surface area contributed by atoms with Gasteiger partial charge in [-0.05, 0) is 43.7 Å². The second-order valence-electron chi connectivity index (χ2n) is 6.82. The first-order chi connectivity index (χ1) is 10.2. The summed E-state index contributed by atoms with van der Waals surface area (Å²) < 4.78 is 0. The average Bonchev–Trinajstić information content (AvgIpc) is 3.34. The van der Waals surface area contributed by atoms with Gasteiger partial charge in [-0.25, -0.2) is 0 Å². The highest BCUT2D eigenvalue weighted by molar-refractivity contribution is 5.36. The zero-order chi connectivity index (χ0) is 14.8. The Hall–Kier alpha value is -0.900. The van der Waals surface area contributed by atoms with E-state index in [0.29, 0.717) is 12.1 Å². The predicted octanol–water partition coefficient (Wildman–Crippen LogP) is 2.59. The second-order valence-corrected chi connectivity index (χ2v) is 6.82. The van der Waals surface area contributed by atoms with E-state index in [0.717, 1.165) is 25.6 Å². The quantitative estimate of drug-likeness (QED) is 0.903. The van der Waals surface area contributed by atoms with Crippen LogP contribution in [-0.2, 0) is 0 Å². The summed E-state index contributed by atoms with van der Waals surface area (Å²) in [7, 11) is 0. The molecule has 2 aliphatic rings. The first-order valence-corrected chi connectivity index (χ1v) is 8.47. The van der Waals surface area contributed by atoms with Gasteiger partial charge >= 0.3 is 0 Å². The van der Waals surface area contributed by atoms with Crippen molar-refractivity contribution in [3.8, 4) is 0 Å². The number of piperazine rings is 1. The molecule has 0 spiro atoms. The molecular formula is C18H29N3. The van der Waals surface area contributed by atoms with Crippen LogP contribution in [0.25, 0.3) is 0 Å². The van der Waals surface area contributed by atoms with E-state index in [4.69, 9.17) is 5.73 Å². The van der Waals surface area contributed by atoms with E-state index in [1.807, 2.05) is 0 Å². The molecule has 1 aromatic carbocycles. The number of rotatable bonds is 5. The van der Waals surface area contributed by atoms with Crippen molar-refractivity contribution in [2.45, 2.75) is 44.7 Å². The van der Waals surface area contributed by atoms with Gasteiger partial charge in [-0.1, -0.05) is 24.3 Å². The Morgan fingerprint density at radius 3 is 2.24 bits per heavy atom. The SMILES string of the molecule is CC(C)N1CCN(C(CN)c2ccccc2C2CC2)CC1. The van der Waals surface area contributed by atoms with Crippen molar-refractivity contribution in [3.63, 3.8) is 0 Å². The fraction of sp³-hybridized carbons (Fsp3) is 0.667. The molecule has 1 aromatic rings. The lowest BCUT2D eigenvalue weighted by molar-refractivity contribution is 0.0800. The molecule has 3 rings (SSSR count). The maximum absolute atomic E-state index is 6.16. The molecule has 0 bridgehead atoms. The Labute approximate surface area is 129 Å². The van der Waals surface area contributed by atoms with Crippen LogP contribution < -0.4 is 5.73 Å². The van der Waals surface area contributed by atoms with Gasteiger partial charge in [-0.2, -0.15) is 0 Å². The van der Waals surface area contributed by atoms with Crippen LogP contribution in [0.3, 0.4) is 0 Å². The fourth-order valence-electron chi connectivity index (χ4n) is 3.62. The maximum atomic E-state index is 6.16. The van der Waals surface area contributed by atoms with E-state index in [-0.39, 0.29) is 0 Å². The van der Waals surface area contributed by atoms with Crippen molar-refractivity contribution in [2.75, 3.05) is 32.7 Å². The number of nitrogens with two attached hydrogens (primary N) is 1. The summed E-state index contributed by atoms with van der Waals surface area (Å²) in [5.74, 6) is 0.798. The second kappa shape index (κ2) is 6.47. The molecule has 0 amide bonds. The maximum Gasteiger partial charge on any atom is 0.0474 e. The topological polar surface area (TPSA) is 32.5 Å². The van der Waals surface area contributed by atoms with Gasteiger partial charge in [-0.3, -0.25) is 9.80 Å². The molecule has 1 aliphatic carbocycles. The third-order valence-electron chi connectivity index (χ3n) is 5.12. The largest absolute Gasteiger partial charge is 0.329 e. The van der Waals surface area contributed by atoms with Crippen molar-refractivity contribution in [1.82, 2.24) is 9.80 Å². The van der Waals surface area contributed by atoms with Gasteiger partial charge in [-0.15, -0.1) is 0 Å². The molecule has 2 N–H and O–H groups in total. The van der Waals surface area contributed by atoms with E-state index in [1.54, 1.807) is 5.56 Å². The van der Waals surface area contributed by atoms with Crippen LogP contribution in [0.4, 0.5) is 0 Å². The number of hydrogen-bond acceptors (Lipinski definition) is 3. The van der Waals surface area contributed by atoms with Crippen LogP contribution in [0.1, 0.15) is 49.8 Å². The standard InChI is InChI=1S/C18H29N3/c1-14(2)20-9-11-21(12-10-20)18(13-19)17-6-4-3-5-16(17)15-7-8-15/h3-6,14-15,18H,7-13,19H2,1-2H3. The molecule has 3 heteroatoms. The van der Waals surface area contributed by atoms with Crippen LogP contribution in [0.5, 0.6) is 0 Å². The number of hydrogen-bond donors (Lipinski definition) is 1. The summed E-state index contributed by atoms with van der Waals surface area (Å²) in [5, 5.41) is 0. The molecule has 21 heavy (non-hydrogen) atoms.